The van der Waals surface area contributed by atoms with Gasteiger partial charge < -0.3 is 5.32 Å². The van der Waals surface area contributed by atoms with Gasteiger partial charge in [-0.2, -0.15) is 0 Å². The summed E-state index contributed by atoms with van der Waals surface area (Å²) in [7, 11) is 0. The third-order valence-electron chi connectivity index (χ3n) is 4.61. The molecule has 162 valence electrons. The second kappa shape index (κ2) is 10.6. The number of nitrogens with zero attached hydrogens (tertiary/aromatic N) is 4. The summed E-state index contributed by atoms with van der Waals surface area (Å²) < 4.78 is 1.91. The first-order valence-electron chi connectivity index (χ1n) is 9.82. The maximum Gasteiger partial charge on any atom is 0.230 e. The second-order valence-electron chi connectivity index (χ2n) is 6.92. The number of nitrogens with one attached hydrogen (secondary N) is 1. The fourth-order valence-electron chi connectivity index (χ4n) is 3.05. The van der Waals surface area contributed by atoms with Gasteiger partial charge in [-0.3, -0.25) is 14.3 Å². The molecule has 2 heterocycles. The number of carbonyl (C=O) groups excluding carboxylic acids is 1. The standard InChI is InChI=1S/C23H19Cl2N5OS/c24-19-9-8-18(12-20(19)25)30-21(11-16-5-2-1-3-6-16)28-29-23(30)32-15-22(31)27-14-17-7-4-10-26-13-17/h1-10,12-13H,11,14-15H2,(H,27,31). The molecule has 9 heteroatoms. The third kappa shape index (κ3) is 5.68. The van der Waals surface area contributed by atoms with Gasteiger partial charge >= 0.3 is 0 Å². The van der Waals surface area contributed by atoms with Crippen LogP contribution < -0.4 is 5.32 Å². The van der Waals surface area contributed by atoms with Crippen LogP contribution in [-0.4, -0.2) is 31.4 Å². The summed E-state index contributed by atoms with van der Waals surface area (Å²) in [5, 5.41) is 13.1. The summed E-state index contributed by atoms with van der Waals surface area (Å²) in [4.78, 5) is 16.4. The van der Waals surface area contributed by atoms with E-state index in [-0.39, 0.29) is 11.7 Å². The van der Waals surface area contributed by atoms with E-state index < -0.39 is 0 Å². The van der Waals surface area contributed by atoms with Gasteiger partial charge in [-0.15, -0.1) is 10.2 Å². The van der Waals surface area contributed by atoms with E-state index in [4.69, 9.17) is 23.2 Å². The van der Waals surface area contributed by atoms with Crippen LogP contribution in [0.2, 0.25) is 10.0 Å². The second-order valence-corrected chi connectivity index (χ2v) is 8.68. The molecule has 6 nitrogen and oxygen atoms in total. The monoisotopic (exact) mass is 483 g/mol. The molecular weight excluding hydrogens is 465 g/mol. The number of rotatable bonds is 8. The van der Waals surface area contributed by atoms with Crippen molar-refractivity contribution in [2.24, 2.45) is 0 Å². The Kier molecular flexibility index (Phi) is 7.42. The molecule has 0 aliphatic rings. The third-order valence-corrected chi connectivity index (χ3v) is 6.28. The van der Waals surface area contributed by atoms with Crippen molar-refractivity contribution in [1.82, 2.24) is 25.1 Å². The van der Waals surface area contributed by atoms with Gasteiger partial charge in [0.15, 0.2) is 5.16 Å². The molecule has 2 aromatic heterocycles. The Morgan fingerprint density at radius 1 is 0.969 bits per heavy atom. The number of halogens is 2. The lowest BCUT2D eigenvalue weighted by Crippen LogP contribution is -2.24. The summed E-state index contributed by atoms with van der Waals surface area (Å²) in [6, 6.07) is 19.1. The first kappa shape index (κ1) is 22.3. The molecule has 0 radical (unpaired) electrons. The maximum absolute atomic E-state index is 12.4. The van der Waals surface area contributed by atoms with Crippen molar-refractivity contribution >= 4 is 40.9 Å². The van der Waals surface area contributed by atoms with E-state index in [0.29, 0.717) is 28.2 Å². The lowest BCUT2D eigenvalue weighted by molar-refractivity contribution is -0.118. The molecule has 1 amide bonds. The van der Waals surface area contributed by atoms with Gasteiger partial charge in [0.1, 0.15) is 5.82 Å². The van der Waals surface area contributed by atoms with Crippen LogP contribution in [0.5, 0.6) is 0 Å². The van der Waals surface area contributed by atoms with Gasteiger partial charge in [-0.25, -0.2) is 0 Å². The van der Waals surface area contributed by atoms with Gasteiger partial charge in [0.2, 0.25) is 5.91 Å². The SMILES string of the molecule is O=C(CSc1nnc(Cc2ccccc2)n1-c1ccc(Cl)c(Cl)c1)NCc1cccnc1. The van der Waals surface area contributed by atoms with E-state index in [2.05, 4.69) is 20.5 Å². The Bertz CT molecular complexity index is 1200. The molecule has 0 bridgehead atoms. The van der Waals surface area contributed by atoms with Crippen molar-refractivity contribution in [3.8, 4) is 5.69 Å². The Hall–Kier alpha value is -2.87. The highest BCUT2D eigenvalue weighted by Gasteiger charge is 2.17. The largest absolute Gasteiger partial charge is 0.351 e. The van der Waals surface area contributed by atoms with E-state index in [9.17, 15) is 4.79 Å². The maximum atomic E-state index is 12.4. The van der Waals surface area contributed by atoms with Crippen molar-refractivity contribution in [1.29, 1.82) is 0 Å². The zero-order chi connectivity index (χ0) is 22.3. The van der Waals surface area contributed by atoms with Crippen LogP contribution in [0.25, 0.3) is 5.69 Å². The normalized spacial score (nSPS) is 10.8. The van der Waals surface area contributed by atoms with Gasteiger partial charge in [-0.05, 0) is 35.4 Å². The molecule has 0 saturated carbocycles. The minimum atomic E-state index is -0.104. The highest BCUT2D eigenvalue weighted by Crippen LogP contribution is 2.28. The van der Waals surface area contributed by atoms with E-state index in [1.807, 2.05) is 53.1 Å². The lowest BCUT2D eigenvalue weighted by Gasteiger charge is -2.11. The number of thioether (sulfide) groups is 1. The minimum Gasteiger partial charge on any atom is -0.351 e. The number of hydrogen-bond acceptors (Lipinski definition) is 5. The molecule has 0 unspecified atom stereocenters. The highest BCUT2D eigenvalue weighted by atomic mass is 35.5. The number of benzene rings is 2. The van der Waals surface area contributed by atoms with Crippen LogP contribution in [-0.2, 0) is 17.8 Å². The van der Waals surface area contributed by atoms with Crippen LogP contribution in [0.3, 0.4) is 0 Å². The summed E-state index contributed by atoms with van der Waals surface area (Å²) in [5.41, 5.74) is 2.83. The van der Waals surface area contributed by atoms with Crippen LogP contribution in [0.4, 0.5) is 0 Å². The summed E-state index contributed by atoms with van der Waals surface area (Å²) >= 11 is 13.7. The fourth-order valence-corrected chi connectivity index (χ4v) is 4.15. The van der Waals surface area contributed by atoms with Gasteiger partial charge in [-0.1, -0.05) is 71.4 Å². The molecule has 4 rings (SSSR count). The molecular formula is C23H19Cl2N5OS. The number of hydrogen-bond donors (Lipinski definition) is 1. The highest BCUT2D eigenvalue weighted by molar-refractivity contribution is 7.99. The molecule has 0 atom stereocenters. The van der Waals surface area contributed by atoms with E-state index in [1.54, 1.807) is 24.5 Å². The van der Waals surface area contributed by atoms with Crippen LogP contribution in [0.1, 0.15) is 17.0 Å². The quantitative estimate of drug-likeness (QED) is 0.358. The van der Waals surface area contributed by atoms with Crippen molar-refractivity contribution in [3.63, 3.8) is 0 Å². The zero-order valence-corrected chi connectivity index (χ0v) is 19.2. The van der Waals surface area contributed by atoms with Crippen LogP contribution in [0, 0.1) is 0 Å². The van der Waals surface area contributed by atoms with Crippen molar-refractivity contribution in [2.75, 3.05) is 5.75 Å². The molecule has 4 aromatic rings. The minimum absolute atomic E-state index is 0.104. The van der Waals surface area contributed by atoms with Crippen LogP contribution >= 0.6 is 35.0 Å². The Balaban J connectivity index is 1.53. The van der Waals surface area contributed by atoms with Crippen molar-refractivity contribution < 1.29 is 4.79 Å². The molecule has 1 N–H and O–H groups in total. The summed E-state index contributed by atoms with van der Waals surface area (Å²) in [6.45, 7) is 0.423. The number of amides is 1. The molecule has 0 aliphatic carbocycles. The predicted octanol–water partition coefficient (Wildman–Crippen LogP) is 4.97. The lowest BCUT2D eigenvalue weighted by atomic mass is 10.1. The molecule has 0 fully saturated rings. The fraction of sp³-hybridized carbons (Fsp3) is 0.130. The number of pyridine rings is 1. The zero-order valence-electron chi connectivity index (χ0n) is 16.9. The number of carbonyl (C=O) groups is 1. The Morgan fingerprint density at radius 3 is 2.53 bits per heavy atom. The van der Waals surface area contributed by atoms with E-state index in [1.165, 1.54) is 11.8 Å². The van der Waals surface area contributed by atoms with Crippen LogP contribution in [0.15, 0.2) is 78.2 Å². The Labute approximate surface area is 200 Å². The molecule has 0 aliphatic heterocycles. The van der Waals surface area contributed by atoms with E-state index in [0.717, 1.165) is 22.6 Å². The predicted molar refractivity (Wildman–Crippen MR) is 127 cm³/mol. The van der Waals surface area contributed by atoms with Gasteiger partial charge in [0, 0.05) is 25.4 Å². The molecule has 0 spiro atoms. The van der Waals surface area contributed by atoms with Crippen molar-refractivity contribution in [2.45, 2.75) is 18.1 Å². The first-order valence-corrected chi connectivity index (χ1v) is 11.6. The smallest absolute Gasteiger partial charge is 0.230 e. The topological polar surface area (TPSA) is 72.7 Å². The average molecular weight is 484 g/mol. The van der Waals surface area contributed by atoms with Gasteiger partial charge in [0.05, 0.1) is 21.5 Å². The van der Waals surface area contributed by atoms with E-state index >= 15 is 0 Å². The Morgan fingerprint density at radius 2 is 1.78 bits per heavy atom. The van der Waals surface area contributed by atoms with Crippen molar-refractivity contribution in [3.05, 3.63) is 100 Å². The first-order chi connectivity index (χ1) is 15.6. The molecule has 32 heavy (non-hydrogen) atoms. The molecule has 0 saturated heterocycles. The average Bonchev–Trinajstić information content (AvgIpc) is 3.21. The summed E-state index contributed by atoms with van der Waals surface area (Å²) in [5.74, 6) is 0.838. The number of aromatic nitrogens is 4. The van der Waals surface area contributed by atoms with Gasteiger partial charge in [0.25, 0.3) is 0 Å². The molecule has 2 aromatic carbocycles. The summed E-state index contributed by atoms with van der Waals surface area (Å²) in [6.07, 6.45) is 4.01.